The van der Waals surface area contributed by atoms with Crippen LogP contribution in [-0.2, 0) is 0 Å². The lowest BCUT2D eigenvalue weighted by Crippen LogP contribution is -2.23. The molecule has 6 heteroatoms. The number of nitrogens with zero attached hydrogens (tertiary/aromatic N) is 2. The zero-order valence-electron chi connectivity index (χ0n) is 9.17. The Balaban J connectivity index is 2.93. The van der Waals surface area contributed by atoms with Crippen molar-refractivity contribution in [1.29, 1.82) is 5.26 Å². The van der Waals surface area contributed by atoms with Crippen molar-refractivity contribution in [3.63, 3.8) is 0 Å². The third-order valence-electron chi connectivity index (χ3n) is 2.37. The van der Waals surface area contributed by atoms with E-state index in [9.17, 15) is 14.5 Å². The number of thioether (sulfide) groups is 1. The van der Waals surface area contributed by atoms with Gasteiger partial charge in [-0.25, -0.2) is 4.39 Å². The number of nitriles is 1. The van der Waals surface area contributed by atoms with E-state index in [1.807, 2.05) is 6.07 Å². The summed E-state index contributed by atoms with van der Waals surface area (Å²) in [5.74, 6) is -0.989. The molecule has 2 unspecified atom stereocenters. The minimum Gasteiger partial charge on any atom is -0.265 e. The van der Waals surface area contributed by atoms with Gasteiger partial charge in [-0.2, -0.15) is 17.0 Å². The van der Waals surface area contributed by atoms with Crippen molar-refractivity contribution in [2.75, 3.05) is 12.8 Å². The van der Waals surface area contributed by atoms with E-state index in [0.717, 1.165) is 0 Å². The van der Waals surface area contributed by atoms with Crippen molar-refractivity contribution in [3.8, 4) is 6.07 Å². The molecule has 0 radical (unpaired) electrons. The Labute approximate surface area is 103 Å². The molecular formula is C11H11FN2O2S. The highest BCUT2D eigenvalue weighted by molar-refractivity contribution is 7.99. The van der Waals surface area contributed by atoms with Crippen molar-refractivity contribution < 1.29 is 9.31 Å². The minimum atomic E-state index is -0.601. The lowest BCUT2D eigenvalue weighted by atomic mass is 9.97. The normalized spacial score (nSPS) is 13.7. The maximum absolute atomic E-state index is 12.8. The number of hydrogen-bond donors (Lipinski definition) is 0. The predicted molar refractivity (Wildman–Crippen MR) is 63.9 cm³/mol. The maximum atomic E-state index is 12.8. The van der Waals surface area contributed by atoms with Crippen molar-refractivity contribution in [2.24, 2.45) is 0 Å². The molecule has 0 saturated carbocycles. The van der Waals surface area contributed by atoms with Gasteiger partial charge in [0.2, 0.25) is 6.54 Å². The highest BCUT2D eigenvalue weighted by atomic mass is 32.2. The van der Waals surface area contributed by atoms with Gasteiger partial charge in [0.15, 0.2) is 0 Å². The van der Waals surface area contributed by atoms with Gasteiger partial charge in [0.05, 0.1) is 17.2 Å². The Morgan fingerprint density at radius 3 is 2.53 bits per heavy atom. The molecule has 0 bridgehead atoms. The number of benzene rings is 1. The Morgan fingerprint density at radius 2 is 2.12 bits per heavy atom. The van der Waals surface area contributed by atoms with Crippen LogP contribution >= 0.6 is 11.8 Å². The van der Waals surface area contributed by atoms with Crippen LogP contribution in [0.3, 0.4) is 0 Å². The summed E-state index contributed by atoms with van der Waals surface area (Å²) in [5.41, 5.74) is 0.607. The summed E-state index contributed by atoms with van der Waals surface area (Å²) in [6.45, 7) is -0.281. The Kier molecular flexibility index (Phi) is 4.91. The van der Waals surface area contributed by atoms with Gasteiger partial charge in [-0.15, -0.1) is 0 Å². The molecule has 1 aromatic rings. The van der Waals surface area contributed by atoms with Crippen LogP contribution in [0.5, 0.6) is 0 Å². The topological polar surface area (TPSA) is 66.9 Å². The summed E-state index contributed by atoms with van der Waals surface area (Å²) in [5, 5.41) is 19.2. The van der Waals surface area contributed by atoms with E-state index in [2.05, 4.69) is 0 Å². The van der Waals surface area contributed by atoms with Gasteiger partial charge in [-0.1, -0.05) is 12.1 Å². The molecule has 0 aromatic heterocycles. The van der Waals surface area contributed by atoms with E-state index in [-0.39, 0.29) is 12.4 Å². The van der Waals surface area contributed by atoms with Crippen LogP contribution in [0.1, 0.15) is 11.5 Å². The van der Waals surface area contributed by atoms with E-state index in [0.29, 0.717) is 5.56 Å². The molecule has 0 aliphatic heterocycles. The Hall–Kier alpha value is -1.61. The molecule has 0 aliphatic rings. The molecule has 0 heterocycles. The van der Waals surface area contributed by atoms with Crippen molar-refractivity contribution >= 4 is 11.8 Å². The molecule has 0 aliphatic carbocycles. The van der Waals surface area contributed by atoms with Gasteiger partial charge in [0.1, 0.15) is 5.82 Å². The predicted octanol–water partition coefficient (Wildman–Crippen LogP) is 2.44. The molecular weight excluding hydrogens is 243 g/mol. The Bertz CT molecular complexity index is 430. The third kappa shape index (κ3) is 3.71. The van der Waals surface area contributed by atoms with E-state index < -0.39 is 16.1 Å². The molecule has 0 fully saturated rings. The zero-order chi connectivity index (χ0) is 12.8. The van der Waals surface area contributed by atoms with Crippen molar-refractivity contribution in [2.45, 2.75) is 11.2 Å². The second-order valence-electron chi connectivity index (χ2n) is 3.45. The average Bonchev–Trinajstić information content (AvgIpc) is 2.30. The number of halogens is 1. The molecule has 4 nitrogen and oxygen atoms in total. The average molecular weight is 254 g/mol. The maximum Gasteiger partial charge on any atom is 0.217 e. The van der Waals surface area contributed by atoms with Crippen LogP contribution in [0.15, 0.2) is 24.3 Å². The summed E-state index contributed by atoms with van der Waals surface area (Å²) >= 11 is 1.27. The van der Waals surface area contributed by atoms with Crippen LogP contribution in [0, 0.1) is 27.3 Å². The second-order valence-corrected chi connectivity index (χ2v) is 4.52. The number of nitro groups is 1. The lowest BCUT2D eigenvalue weighted by Gasteiger charge is -2.16. The lowest BCUT2D eigenvalue weighted by molar-refractivity contribution is -0.479. The van der Waals surface area contributed by atoms with Crippen LogP contribution in [0.2, 0.25) is 0 Å². The molecule has 90 valence electrons. The molecule has 17 heavy (non-hydrogen) atoms. The van der Waals surface area contributed by atoms with Crippen LogP contribution < -0.4 is 0 Å². The first-order valence-corrected chi connectivity index (χ1v) is 6.17. The molecule has 0 N–H and O–H groups in total. The largest absolute Gasteiger partial charge is 0.265 e. The van der Waals surface area contributed by atoms with Crippen LogP contribution in [0.4, 0.5) is 4.39 Å². The first kappa shape index (κ1) is 13.5. The zero-order valence-corrected chi connectivity index (χ0v) is 9.98. The van der Waals surface area contributed by atoms with Gasteiger partial charge in [-0.05, 0) is 24.0 Å². The minimum absolute atomic E-state index is 0.281. The fourth-order valence-corrected chi connectivity index (χ4v) is 2.27. The highest BCUT2D eigenvalue weighted by Gasteiger charge is 2.26. The van der Waals surface area contributed by atoms with E-state index >= 15 is 0 Å². The summed E-state index contributed by atoms with van der Waals surface area (Å²) < 4.78 is 12.8. The van der Waals surface area contributed by atoms with Gasteiger partial charge in [0.25, 0.3) is 0 Å². The number of rotatable bonds is 5. The molecule has 1 aromatic carbocycles. The highest BCUT2D eigenvalue weighted by Crippen LogP contribution is 2.27. The number of hydrogen-bond acceptors (Lipinski definition) is 4. The first-order chi connectivity index (χ1) is 8.08. The Morgan fingerprint density at radius 1 is 1.53 bits per heavy atom. The molecule has 0 spiro atoms. The van der Waals surface area contributed by atoms with Crippen molar-refractivity contribution in [3.05, 3.63) is 45.8 Å². The standard InChI is InChI=1S/C11H11FN2O2S/c1-17-11(7-14(15)16)10(6-13)8-2-4-9(12)5-3-8/h2-5,10-11H,7H2,1H3. The summed E-state index contributed by atoms with van der Waals surface area (Å²) in [4.78, 5) is 10.1. The van der Waals surface area contributed by atoms with Gasteiger partial charge in [0, 0.05) is 4.92 Å². The molecule has 2 atom stereocenters. The second kappa shape index (κ2) is 6.21. The summed E-state index contributed by atoms with van der Waals surface area (Å²) in [7, 11) is 0. The fraction of sp³-hybridized carbons (Fsp3) is 0.364. The SMILES string of the molecule is CSC(C[N+](=O)[O-])C(C#N)c1ccc(F)cc1. The van der Waals surface area contributed by atoms with E-state index in [1.165, 1.54) is 36.0 Å². The van der Waals surface area contributed by atoms with Gasteiger partial charge in [-0.3, -0.25) is 10.1 Å². The molecule has 0 amide bonds. The monoisotopic (exact) mass is 254 g/mol. The molecule has 0 saturated heterocycles. The quantitative estimate of drug-likeness (QED) is 0.598. The smallest absolute Gasteiger partial charge is 0.217 e. The van der Waals surface area contributed by atoms with Crippen LogP contribution in [0.25, 0.3) is 0 Å². The van der Waals surface area contributed by atoms with E-state index in [4.69, 9.17) is 5.26 Å². The van der Waals surface area contributed by atoms with Crippen molar-refractivity contribution in [1.82, 2.24) is 0 Å². The van der Waals surface area contributed by atoms with Gasteiger partial charge < -0.3 is 0 Å². The van der Waals surface area contributed by atoms with Gasteiger partial charge >= 0.3 is 0 Å². The third-order valence-corrected chi connectivity index (χ3v) is 3.40. The first-order valence-electron chi connectivity index (χ1n) is 4.88. The molecule has 1 rings (SSSR count). The summed E-state index contributed by atoms with van der Waals surface area (Å²) in [6, 6.07) is 7.54. The van der Waals surface area contributed by atoms with Crippen LogP contribution in [-0.4, -0.2) is 23.0 Å². The fourth-order valence-electron chi connectivity index (χ4n) is 1.51. The summed E-state index contributed by atoms with van der Waals surface area (Å²) in [6.07, 6.45) is 1.72. The van der Waals surface area contributed by atoms with E-state index in [1.54, 1.807) is 6.26 Å².